The van der Waals surface area contributed by atoms with E-state index in [0.717, 1.165) is 6.42 Å². The standard InChI is InChI=1S/C31H65NO15/c1-34-11-25(33)12-42-27(14-36-3)20-44-29(16-38-5)22-46-31(18-40-7)24-47-30(17-39-6)23-45-28(15-37-4)21-43-26(13-35-2)19-41-10-8-9-32/h25-31,33H,8-24,32H2,1-7H3. The molecule has 0 heterocycles. The maximum Gasteiger partial charge on any atom is 0.104 e. The van der Waals surface area contributed by atoms with E-state index in [-0.39, 0.29) is 71.2 Å². The summed E-state index contributed by atoms with van der Waals surface area (Å²) in [7, 11) is 11.1. The SMILES string of the molecule is COCC(O)COC(COC)COC(COC)COC(COC)COC(COC)COC(COC)COC(COC)COCCCN. The predicted octanol–water partition coefficient (Wildman–Crippen LogP) is -0.451. The van der Waals surface area contributed by atoms with Crippen LogP contribution in [0, 0.1) is 0 Å². The molecule has 0 aromatic rings. The summed E-state index contributed by atoms with van der Waals surface area (Å²) in [4.78, 5) is 0. The molecule has 284 valence electrons. The highest BCUT2D eigenvalue weighted by Crippen LogP contribution is 2.08. The van der Waals surface area contributed by atoms with Crippen molar-refractivity contribution in [3.05, 3.63) is 0 Å². The van der Waals surface area contributed by atoms with Crippen molar-refractivity contribution in [3.8, 4) is 0 Å². The van der Waals surface area contributed by atoms with Gasteiger partial charge in [0, 0.05) is 56.4 Å². The maximum atomic E-state index is 9.90. The Morgan fingerprint density at radius 3 is 0.936 bits per heavy atom. The molecule has 3 N–H and O–H groups in total. The largest absolute Gasteiger partial charge is 0.388 e. The van der Waals surface area contributed by atoms with Crippen LogP contribution in [0.15, 0.2) is 0 Å². The lowest BCUT2D eigenvalue weighted by atomic mass is 10.3. The molecule has 16 heteroatoms. The second-order valence-corrected chi connectivity index (χ2v) is 10.8. The molecule has 0 fully saturated rings. The molecule has 0 rings (SSSR count). The summed E-state index contributed by atoms with van der Waals surface area (Å²) in [6.45, 7) is 4.84. The fraction of sp³-hybridized carbons (Fsp3) is 1.00. The Morgan fingerprint density at radius 2 is 0.660 bits per heavy atom. The van der Waals surface area contributed by atoms with Crippen LogP contribution in [0.4, 0.5) is 0 Å². The first kappa shape index (κ1) is 46.4. The molecule has 0 saturated carbocycles. The molecule has 16 nitrogen and oxygen atoms in total. The van der Waals surface area contributed by atoms with Crippen molar-refractivity contribution in [1.82, 2.24) is 0 Å². The third kappa shape index (κ3) is 26.8. The minimum Gasteiger partial charge on any atom is -0.388 e. The highest BCUT2D eigenvalue weighted by Gasteiger charge is 2.22. The van der Waals surface area contributed by atoms with E-state index in [1.807, 2.05) is 0 Å². The quantitative estimate of drug-likeness (QED) is 0.0801. The molecule has 0 bridgehead atoms. The molecule has 7 unspecified atom stereocenters. The van der Waals surface area contributed by atoms with Gasteiger partial charge in [-0.05, 0) is 13.0 Å². The van der Waals surface area contributed by atoms with Crippen LogP contribution >= 0.6 is 0 Å². The molecular weight excluding hydrogens is 626 g/mol. The van der Waals surface area contributed by atoms with Crippen LogP contribution < -0.4 is 5.73 Å². The molecule has 0 radical (unpaired) electrons. The van der Waals surface area contributed by atoms with Crippen molar-refractivity contribution < 1.29 is 71.4 Å². The zero-order chi connectivity index (χ0) is 35.0. The number of methoxy groups -OCH3 is 7. The number of aliphatic hydroxyl groups excluding tert-OH is 1. The van der Waals surface area contributed by atoms with Crippen LogP contribution in [0.25, 0.3) is 0 Å². The lowest BCUT2D eigenvalue weighted by molar-refractivity contribution is -0.149. The topological polar surface area (TPSA) is 175 Å². The summed E-state index contributed by atoms with van der Waals surface area (Å²) in [5.74, 6) is 0. The molecule has 0 saturated heterocycles. The number of rotatable bonds is 37. The van der Waals surface area contributed by atoms with E-state index >= 15 is 0 Å². The van der Waals surface area contributed by atoms with Gasteiger partial charge in [0.1, 0.15) is 42.7 Å². The molecule has 7 atom stereocenters. The van der Waals surface area contributed by atoms with Gasteiger partial charge in [-0.1, -0.05) is 0 Å². The summed E-state index contributed by atoms with van der Waals surface area (Å²) < 4.78 is 78.6. The fourth-order valence-corrected chi connectivity index (χ4v) is 4.09. The van der Waals surface area contributed by atoms with E-state index in [2.05, 4.69) is 0 Å². The minimum absolute atomic E-state index is 0.0917. The van der Waals surface area contributed by atoms with Crippen LogP contribution in [-0.4, -0.2) is 203 Å². The normalized spacial score (nSPS) is 16.5. The average molecular weight is 692 g/mol. The van der Waals surface area contributed by atoms with E-state index < -0.39 is 24.4 Å². The van der Waals surface area contributed by atoms with Crippen molar-refractivity contribution in [2.45, 2.75) is 49.1 Å². The fourth-order valence-electron chi connectivity index (χ4n) is 4.09. The maximum absolute atomic E-state index is 9.90. The summed E-state index contributed by atoms with van der Waals surface area (Å²) in [5, 5.41) is 9.90. The van der Waals surface area contributed by atoms with E-state index in [1.165, 1.54) is 7.11 Å². The molecule has 47 heavy (non-hydrogen) atoms. The zero-order valence-corrected chi connectivity index (χ0v) is 29.8. The Morgan fingerprint density at radius 1 is 0.383 bits per heavy atom. The van der Waals surface area contributed by atoms with Crippen molar-refractivity contribution >= 4 is 0 Å². The lowest BCUT2D eigenvalue weighted by Crippen LogP contribution is -2.38. The van der Waals surface area contributed by atoms with Gasteiger partial charge in [0.05, 0.1) is 92.5 Å². The summed E-state index contributed by atoms with van der Waals surface area (Å²) in [6.07, 6.45) is -2.15. The van der Waals surface area contributed by atoms with E-state index in [4.69, 9.17) is 72.0 Å². The van der Waals surface area contributed by atoms with Gasteiger partial charge in [0.25, 0.3) is 0 Å². The second-order valence-electron chi connectivity index (χ2n) is 10.8. The van der Waals surface area contributed by atoms with Gasteiger partial charge >= 0.3 is 0 Å². The second kappa shape index (κ2) is 33.8. The first-order valence-electron chi connectivity index (χ1n) is 16.0. The van der Waals surface area contributed by atoms with Crippen molar-refractivity contribution in [3.63, 3.8) is 0 Å². The van der Waals surface area contributed by atoms with Crippen LogP contribution in [-0.2, 0) is 66.3 Å². The first-order valence-corrected chi connectivity index (χ1v) is 16.0. The molecule has 0 aromatic carbocycles. The first-order chi connectivity index (χ1) is 22.9. The smallest absolute Gasteiger partial charge is 0.104 e. The number of ether oxygens (including phenoxy) is 14. The minimum atomic E-state index is -0.746. The molecule has 0 amide bonds. The van der Waals surface area contributed by atoms with E-state index in [9.17, 15) is 5.11 Å². The van der Waals surface area contributed by atoms with Gasteiger partial charge < -0.3 is 77.2 Å². The molecule has 0 spiro atoms. The predicted molar refractivity (Wildman–Crippen MR) is 172 cm³/mol. The Bertz CT molecular complexity index is 642. The highest BCUT2D eigenvalue weighted by molar-refractivity contribution is 4.67. The molecule has 0 aliphatic carbocycles. The van der Waals surface area contributed by atoms with Crippen LogP contribution in [0.5, 0.6) is 0 Å². The summed E-state index contributed by atoms with van der Waals surface area (Å²) >= 11 is 0. The van der Waals surface area contributed by atoms with Crippen molar-refractivity contribution in [2.75, 3.05) is 155 Å². The van der Waals surface area contributed by atoms with Crippen LogP contribution in [0.2, 0.25) is 0 Å². The Kier molecular flexibility index (Phi) is 33.4. The molecule has 0 aromatic heterocycles. The van der Waals surface area contributed by atoms with Crippen molar-refractivity contribution in [2.24, 2.45) is 5.73 Å². The third-order valence-electron chi connectivity index (χ3n) is 6.38. The van der Waals surface area contributed by atoms with Crippen LogP contribution in [0.3, 0.4) is 0 Å². The number of nitrogens with two attached hydrogens (primary N) is 1. The Balaban J connectivity index is 4.96. The van der Waals surface area contributed by atoms with Crippen LogP contribution in [0.1, 0.15) is 6.42 Å². The van der Waals surface area contributed by atoms with E-state index in [0.29, 0.717) is 52.8 Å². The van der Waals surface area contributed by atoms with Gasteiger partial charge in [-0.2, -0.15) is 0 Å². The molecule has 0 aliphatic heterocycles. The highest BCUT2D eigenvalue weighted by atomic mass is 16.6. The lowest BCUT2D eigenvalue weighted by Gasteiger charge is -2.27. The van der Waals surface area contributed by atoms with Gasteiger partial charge in [-0.15, -0.1) is 0 Å². The number of hydrogen-bond acceptors (Lipinski definition) is 16. The number of hydrogen-bond donors (Lipinski definition) is 2. The Labute approximate surface area is 281 Å². The average Bonchev–Trinajstić information content (AvgIpc) is 3.06. The van der Waals surface area contributed by atoms with Gasteiger partial charge in [-0.3, -0.25) is 0 Å². The van der Waals surface area contributed by atoms with Gasteiger partial charge in [-0.25, -0.2) is 0 Å². The number of aliphatic hydroxyl groups is 1. The monoisotopic (exact) mass is 691 g/mol. The summed E-state index contributed by atoms with van der Waals surface area (Å²) in [5.41, 5.74) is 5.53. The van der Waals surface area contributed by atoms with Crippen molar-refractivity contribution in [1.29, 1.82) is 0 Å². The van der Waals surface area contributed by atoms with E-state index in [1.54, 1.807) is 42.7 Å². The molecule has 0 aliphatic rings. The van der Waals surface area contributed by atoms with Gasteiger partial charge in [0.2, 0.25) is 0 Å². The molecular formula is C31H65NO15. The zero-order valence-electron chi connectivity index (χ0n) is 29.8. The van der Waals surface area contributed by atoms with Gasteiger partial charge in [0.15, 0.2) is 0 Å². The Hall–Kier alpha value is -0.640. The summed E-state index contributed by atoms with van der Waals surface area (Å²) in [6, 6.07) is 0. The third-order valence-corrected chi connectivity index (χ3v) is 6.38.